The van der Waals surface area contributed by atoms with Crippen molar-refractivity contribution in [3.05, 3.63) is 52.4 Å². The Morgan fingerprint density at radius 1 is 1.03 bits per heavy atom. The number of nitrogens with zero attached hydrogens (tertiary/aromatic N) is 2. The third kappa shape index (κ3) is 3.75. The largest absolute Gasteiger partial charge is 0.489 e. The van der Waals surface area contributed by atoms with Gasteiger partial charge >= 0.3 is 0 Å². The molecule has 3 heterocycles. The zero-order valence-electron chi connectivity index (χ0n) is 17.6. The Kier molecular flexibility index (Phi) is 5.66. The number of benzene rings is 1. The lowest BCUT2D eigenvalue weighted by Gasteiger charge is -2.37. The van der Waals surface area contributed by atoms with Crippen LogP contribution in [0.25, 0.3) is 5.57 Å². The van der Waals surface area contributed by atoms with Crippen LogP contribution >= 0.6 is 11.3 Å². The molecule has 2 aliphatic rings. The average Bonchev–Trinajstić information content (AvgIpc) is 3.27. The predicted molar refractivity (Wildman–Crippen MR) is 118 cm³/mol. The van der Waals surface area contributed by atoms with Crippen molar-refractivity contribution in [2.75, 3.05) is 18.0 Å². The molecule has 0 aliphatic carbocycles. The molecule has 2 aliphatic heterocycles. The first-order chi connectivity index (χ1) is 14.4. The minimum Gasteiger partial charge on any atom is -0.489 e. The molecule has 4 rings (SSSR count). The van der Waals surface area contributed by atoms with E-state index < -0.39 is 0 Å². The number of anilines is 1. The number of hydrogen-bond acceptors (Lipinski definition) is 6. The van der Waals surface area contributed by atoms with Crippen molar-refractivity contribution >= 4 is 34.4 Å². The molecule has 1 saturated heterocycles. The Morgan fingerprint density at radius 3 is 2.37 bits per heavy atom. The van der Waals surface area contributed by atoms with Gasteiger partial charge in [0.1, 0.15) is 11.4 Å². The van der Waals surface area contributed by atoms with Gasteiger partial charge in [-0.25, -0.2) is 4.90 Å². The lowest BCUT2D eigenvalue weighted by atomic mass is 10.1. The van der Waals surface area contributed by atoms with Crippen LogP contribution in [-0.4, -0.2) is 48.1 Å². The van der Waals surface area contributed by atoms with Gasteiger partial charge in [0.25, 0.3) is 11.8 Å². The van der Waals surface area contributed by atoms with E-state index in [9.17, 15) is 9.59 Å². The van der Waals surface area contributed by atoms with Gasteiger partial charge in [-0.3, -0.25) is 9.59 Å². The number of amides is 2. The molecule has 0 saturated carbocycles. The number of morpholine rings is 1. The van der Waals surface area contributed by atoms with Crippen molar-refractivity contribution in [2.45, 2.75) is 46.0 Å². The molecule has 0 N–H and O–H groups in total. The summed E-state index contributed by atoms with van der Waals surface area (Å²) in [6, 6.07) is 11.0. The van der Waals surface area contributed by atoms with Crippen molar-refractivity contribution in [3.8, 4) is 5.75 Å². The molecule has 6 nitrogen and oxygen atoms in total. The van der Waals surface area contributed by atoms with Crippen molar-refractivity contribution in [3.63, 3.8) is 0 Å². The van der Waals surface area contributed by atoms with Crippen LogP contribution < -0.4 is 9.64 Å². The van der Waals surface area contributed by atoms with Gasteiger partial charge < -0.3 is 14.4 Å². The molecule has 1 fully saturated rings. The van der Waals surface area contributed by atoms with E-state index in [0.717, 1.165) is 4.88 Å². The molecule has 1 aromatic heterocycles. The maximum absolute atomic E-state index is 13.7. The first-order valence-corrected chi connectivity index (χ1v) is 11.1. The second-order valence-electron chi connectivity index (χ2n) is 7.94. The van der Waals surface area contributed by atoms with E-state index in [0.29, 0.717) is 35.8 Å². The summed E-state index contributed by atoms with van der Waals surface area (Å²) < 4.78 is 11.7. The summed E-state index contributed by atoms with van der Waals surface area (Å²) in [4.78, 5) is 31.3. The lowest BCUT2D eigenvalue weighted by Crippen LogP contribution is -2.47. The van der Waals surface area contributed by atoms with E-state index in [1.54, 1.807) is 12.1 Å². The lowest BCUT2D eigenvalue weighted by molar-refractivity contribution is -0.121. The van der Waals surface area contributed by atoms with Crippen LogP contribution in [0.3, 0.4) is 0 Å². The summed E-state index contributed by atoms with van der Waals surface area (Å²) in [5.41, 5.74) is 1.37. The van der Waals surface area contributed by atoms with Crippen LogP contribution in [0.5, 0.6) is 5.75 Å². The highest BCUT2D eigenvalue weighted by Gasteiger charge is 2.45. The van der Waals surface area contributed by atoms with E-state index >= 15 is 0 Å². The maximum atomic E-state index is 13.7. The molecule has 0 spiro atoms. The predicted octanol–water partition coefficient (Wildman–Crippen LogP) is 3.93. The highest BCUT2D eigenvalue weighted by atomic mass is 32.1. The number of carbonyl (C=O) groups excluding carboxylic acids is 2. The summed E-state index contributed by atoms with van der Waals surface area (Å²) in [5, 5.41) is 1.92. The topological polar surface area (TPSA) is 59.1 Å². The van der Waals surface area contributed by atoms with Gasteiger partial charge in [-0.05, 0) is 51.3 Å². The third-order valence-corrected chi connectivity index (χ3v) is 5.92. The summed E-state index contributed by atoms with van der Waals surface area (Å²) in [7, 11) is 0. The molecule has 2 unspecified atom stereocenters. The summed E-state index contributed by atoms with van der Waals surface area (Å²) in [5.74, 6) is -0.113. The number of carbonyl (C=O) groups is 2. The zero-order valence-corrected chi connectivity index (χ0v) is 18.4. The van der Waals surface area contributed by atoms with Crippen molar-refractivity contribution < 1.29 is 19.1 Å². The second-order valence-corrected chi connectivity index (χ2v) is 8.89. The van der Waals surface area contributed by atoms with E-state index in [4.69, 9.17) is 9.47 Å². The minimum atomic E-state index is -0.316. The molecule has 1 aromatic carbocycles. The van der Waals surface area contributed by atoms with Gasteiger partial charge in [-0.1, -0.05) is 18.2 Å². The molecule has 158 valence electrons. The third-order valence-electron chi connectivity index (χ3n) is 5.03. The van der Waals surface area contributed by atoms with Crippen LogP contribution in [0.4, 0.5) is 5.69 Å². The molecule has 7 heteroatoms. The van der Waals surface area contributed by atoms with Crippen LogP contribution in [0.2, 0.25) is 0 Å². The van der Waals surface area contributed by atoms with Crippen molar-refractivity contribution in [1.82, 2.24) is 4.90 Å². The molecule has 2 aromatic rings. The highest BCUT2D eigenvalue weighted by molar-refractivity contribution is 7.11. The van der Waals surface area contributed by atoms with Crippen molar-refractivity contribution in [2.24, 2.45) is 0 Å². The van der Waals surface area contributed by atoms with Gasteiger partial charge in [0, 0.05) is 18.0 Å². The molecule has 0 bridgehead atoms. The van der Waals surface area contributed by atoms with Gasteiger partial charge in [-0.15, -0.1) is 11.3 Å². The number of ether oxygens (including phenoxy) is 2. The molecule has 30 heavy (non-hydrogen) atoms. The van der Waals surface area contributed by atoms with Crippen LogP contribution in [0, 0.1) is 0 Å². The van der Waals surface area contributed by atoms with Gasteiger partial charge in [0.05, 0.1) is 29.6 Å². The Bertz CT molecular complexity index is 973. The maximum Gasteiger partial charge on any atom is 0.282 e. The molecule has 0 radical (unpaired) electrons. The number of hydrogen-bond donors (Lipinski definition) is 0. The standard InChI is InChI=1S/C23H26N2O4S/c1-14(2)28-18-9-6-5-8-17(18)25-22(26)20(19-10-7-11-30-19)21(23(25)27)24-12-15(3)29-16(4)13-24/h5-11,14-16H,12-13H2,1-4H3. The monoisotopic (exact) mass is 426 g/mol. The van der Waals surface area contributed by atoms with E-state index in [-0.39, 0.29) is 30.1 Å². The van der Waals surface area contributed by atoms with E-state index in [1.165, 1.54) is 16.2 Å². The quantitative estimate of drug-likeness (QED) is 0.678. The smallest absolute Gasteiger partial charge is 0.282 e. The fraction of sp³-hybridized carbons (Fsp3) is 0.391. The van der Waals surface area contributed by atoms with Crippen LogP contribution in [0.15, 0.2) is 47.5 Å². The van der Waals surface area contributed by atoms with Crippen molar-refractivity contribution in [1.29, 1.82) is 0 Å². The number of para-hydroxylation sites is 2. The fourth-order valence-corrected chi connectivity index (χ4v) is 4.79. The van der Waals surface area contributed by atoms with E-state index in [1.807, 2.05) is 62.2 Å². The van der Waals surface area contributed by atoms with Gasteiger partial charge in [0.15, 0.2) is 0 Å². The van der Waals surface area contributed by atoms with Gasteiger partial charge in [-0.2, -0.15) is 0 Å². The van der Waals surface area contributed by atoms with Gasteiger partial charge in [0.2, 0.25) is 0 Å². The SMILES string of the molecule is CC(C)Oc1ccccc1N1C(=O)C(c2cccs2)=C(N2CC(C)OC(C)C2)C1=O. The number of rotatable bonds is 5. The first kappa shape index (κ1) is 20.6. The molecule has 2 amide bonds. The first-order valence-electron chi connectivity index (χ1n) is 10.2. The summed E-state index contributed by atoms with van der Waals surface area (Å²) in [6.07, 6.45) is -0.136. The highest BCUT2D eigenvalue weighted by Crippen LogP contribution is 2.40. The Labute approximate surface area is 180 Å². The molecular weight excluding hydrogens is 400 g/mol. The fourth-order valence-electron chi connectivity index (χ4n) is 4.03. The second kappa shape index (κ2) is 8.24. The van der Waals surface area contributed by atoms with Crippen LogP contribution in [0.1, 0.15) is 32.6 Å². The van der Waals surface area contributed by atoms with E-state index in [2.05, 4.69) is 0 Å². The molecular formula is C23H26N2O4S. The Morgan fingerprint density at radius 2 is 1.73 bits per heavy atom. The molecule has 2 atom stereocenters. The number of thiophene rings is 1. The summed E-state index contributed by atoms with van der Waals surface area (Å²) in [6.45, 7) is 8.93. The Hall–Kier alpha value is -2.64. The summed E-state index contributed by atoms with van der Waals surface area (Å²) >= 11 is 1.46. The zero-order chi connectivity index (χ0) is 21.4. The number of imide groups is 1. The minimum absolute atomic E-state index is 0.0284. The average molecular weight is 427 g/mol. The van der Waals surface area contributed by atoms with Crippen LogP contribution in [-0.2, 0) is 14.3 Å². The normalized spacial score (nSPS) is 22.4. The Balaban J connectivity index is 1.80.